The number of nitrogens with one attached hydrogen (secondary N) is 1. The molecule has 11 heteroatoms. The summed E-state index contributed by atoms with van der Waals surface area (Å²) in [6.45, 7) is 4.75. The van der Waals surface area contributed by atoms with Crippen molar-refractivity contribution in [3.05, 3.63) is 101 Å². The number of methoxy groups -OCH3 is 2. The van der Waals surface area contributed by atoms with E-state index in [2.05, 4.69) is 94.4 Å². The quantitative estimate of drug-likeness (QED) is 0.255. The minimum Gasteiger partial charge on any atom is -0.497 e. The van der Waals surface area contributed by atoms with Crippen LogP contribution in [0.1, 0.15) is 28.1 Å². The van der Waals surface area contributed by atoms with Gasteiger partial charge in [-0.1, -0.05) is 53.7 Å². The van der Waals surface area contributed by atoms with Crippen LogP contribution < -0.4 is 9.47 Å². The summed E-state index contributed by atoms with van der Waals surface area (Å²) in [5.74, 6) is 2.33. The lowest BCUT2D eigenvalue weighted by Gasteiger charge is -2.26. The smallest absolute Gasteiger partial charge is 0.188 e. The van der Waals surface area contributed by atoms with Gasteiger partial charge in [-0.2, -0.15) is 10.3 Å². The van der Waals surface area contributed by atoms with Gasteiger partial charge in [0.15, 0.2) is 5.82 Å². The van der Waals surface area contributed by atoms with Gasteiger partial charge in [0.05, 0.1) is 26.5 Å². The van der Waals surface area contributed by atoms with Gasteiger partial charge < -0.3 is 9.47 Å². The summed E-state index contributed by atoms with van der Waals surface area (Å²) in [4.78, 5) is 4.70. The number of rotatable bonds is 14. The third-order valence-electron chi connectivity index (χ3n) is 6.70. The Kier molecular flexibility index (Phi) is 9.17. The molecule has 11 nitrogen and oxygen atoms in total. The van der Waals surface area contributed by atoms with Gasteiger partial charge in [-0.05, 0) is 51.7 Å². The number of hydrogen-bond acceptors (Lipinski definition) is 10. The first kappa shape index (κ1) is 27.1. The molecule has 0 unspecified atom stereocenters. The maximum Gasteiger partial charge on any atom is 0.188 e. The number of hydrogen-bond donors (Lipinski definition) is 1. The molecule has 0 spiro atoms. The molecule has 0 saturated heterocycles. The van der Waals surface area contributed by atoms with Crippen molar-refractivity contribution in [2.45, 2.75) is 32.7 Å². The average Bonchev–Trinajstić information content (AvgIpc) is 3.70. The van der Waals surface area contributed by atoms with Crippen molar-refractivity contribution in [1.29, 1.82) is 0 Å². The summed E-state index contributed by atoms with van der Waals surface area (Å²) in [6.07, 6.45) is 0. The first-order chi connectivity index (χ1) is 19.7. The largest absolute Gasteiger partial charge is 0.497 e. The molecule has 0 fully saturated rings. The Bertz CT molecular complexity index is 1400. The number of benzene rings is 3. The van der Waals surface area contributed by atoms with Gasteiger partial charge in [-0.15, -0.1) is 15.3 Å². The lowest BCUT2D eigenvalue weighted by Crippen LogP contribution is -2.31. The van der Waals surface area contributed by atoms with Crippen LogP contribution in [0.25, 0.3) is 0 Å². The van der Waals surface area contributed by atoms with Crippen LogP contribution in [0.15, 0.2) is 88.2 Å². The second-order valence-corrected chi connectivity index (χ2v) is 9.64. The molecule has 206 valence electrons. The minimum absolute atomic E-state index is 0.543. The highest BCUT2D eigenvalue weighted by Gasteiger charge is 2.17. The highest BCUT2D eigenvalue weighted by molar-refractivity contribution is 5.88. The van der Waals surface area contributed by atoms with Crippen molar-refractivity contribution in [2.75, 3.05) is 27.3 Å². The zero-order valence-corrected chi connectivity index (χ0v) is 22.8. The molecular formula is C29H33N9O2. The molecule has 3 aromatic carbocycles. The standard InChI is InChI=1S/C29H33N9O2/c1-39-27-11-7-22(8-12-27)16-37(20-26-15-30-34-31-26)18-24-5-3-4-6-25(24)19-38(21-29-32-35-36-33-29)17-23-9-13-28(40-2)14-10-23/h3-14H,15-21H2,1-2H3,(H,32,33,35,36). The summed E-state index contributed by atoms with van der Waals surface area (Å²) in [5, 5.41) is 26.8. The van der Waals surface area contributed by atoms with Gasteiger partial charge in [0.1, 0.15) is 18.0 Å². The van der Waals surface area contributed by atoms with Gasteiger partial charge in [-0.3, -0.25) is 9.80 Å². The molecule has 40 heavy (non-hydrogen) atoms. The highest BCUT2D eigenvalue weighted by Crippen LogP contribution is 2.21. The van der Waals surface area contributed by atoms with Crippen LogP contribution in [-0.4, -0.2) is 63.4 Å². The van der Waals surface area contributed by atoms with Gasteiger partial charge in [-0.25, -0.2) is 0 Å². The second kappa shape index (κ2) is 13.5. The number of nitrogens with zero attached hydrogens (tertiary/aromatic N) is 8. The number of aromatic nitrogens is 4. The third kappa shape index (κ3) is 7.55. The summed E-state index contributed by atoms with van der Waals surface area (Å²) < 4.78 is 10.7. The molecule has 1 aliphatic heterocycles. The lowest BCUT2D eigenvalue weighted by atomic mass is 10.0. The maximum atomic E-state index is 5.34. The van der Waals surface area contributed by atoms with Crippen LogP contribution >= 0.6 is 0 Å². The molecule has 2 heterocycles. The highest BCUT2D eigenvalue weighted by atomic mass is 16.5. The average molecular weight is 540 g/mol. The Morgan fingerprint density at radius 1 is 0.700 bits per heavy atom. The van der Waals surface area contributed by atoms with Gasteiger partial charge >= 0.3 is 0 Å². The van der Waals surface area contributed by atoms with E-state index in [0.29, 0.717) is 25.5 Å². The fourth-order valence-corrected chi connectivity index (χ4v) is 4.69. The van der Waals surface area contributed by atoms with E-state index < -0.39 is 0 Å². The summed E-state index contributed by atoms with van der Waals surface area (Å²) >= 11 is 0. The molecule has 1 aromatic heterocycles. The van der Waals surface area contributed by atoms with E-state index in [1.165, 1.54) is 22.3 Å². The van der Waals surface area contributed by atoms with Crippen LogP contribution in [0.4, 0.5) is 0 Å². The molecule has 4 aromatic rings. The van der Waals surface area contributed by atoms with E-state index in [9.17, 15) is 0 Å². The Balaban J connectivity index is 1.35. The van der Waals surface area contributed by atoms with Crippen LogP contribution in [-0.2, 0) is 32.7 Å². The van der Waals surface area contributed by atoms with Gasteiger partial charge in [0.25, 0.3) is 0 Å². The third-order valence-corrected chi connectivity index (χ3v) is 6.70. The molecule has 0 aliphatic carbocycles. The second-order valence-electron chi connectivity index (χ2n) is 9.64. The van der Waals surface area contributed by atoms with E-state index in [0.717, 1.165) is 43.4 Å². The van der Waals surface area contributed by atoms with Crippen molar-refractivity contribution >= 4 is 5.71 Å². The predicted molar refractivity (Wildman–Crippen MR) is 151 cm³/mol. The topological polar surface area (TPSA) is 116 Å². The van der Waals surface area contributed by atoms with Crippen molar-refractivity contribution in [1.82, 2.24) is 30.4 Å². The van der Waals surface area contributed by atoms with E-state index >= 15 is 0 Å². The van der Waals surface area contributed by atoms with Crippen LogP contribution in [0.3, 0.4) is 0 Å². The molecule has 1 N–H and O–H groups in total. The summed E-state index contributed by atoms with van der Waals surface area (Å²) in [6, 6.07) is 24.9. The Morgan fingerprint density at radius 3 is 1.75 bits per heavy atom. The molecule has 0 atom stereocenters. The Labute approximate surface area is 233 Å². The monoisotopic (exact) mass is 539 g/mol. The van der Waals surface area contributed by atoms with Crippen LogP contribution in [0.5, 0.6) is 11.5 Å². The molecule has 0 bridgehead atoms. The minimum atomic E-state index is 0.543. The van der Waals surface area contributed by atoms with Crippen molar-refractivity contribution < 1.29 is 9.47 Å². The summed E-state index contributed by atoms with van der Waals surface area (Å²) in [5.41, 5.74) is 5.82. The lowest BCUT2D eigenvalue weighted by molar-refractivity contribution is 0.237. The van der Waals surface area contributed by atoms with Crippen LogP contribution in [0.2, 0.25) is 0 Å². The first-order valence-corrected chi connectivity index (χ1v) is 13.1. The normalized spacial score (nSPS) is 12.8. The molecule has 0 radical (unpaired) electrons. The number of ether oxygens (including phenoxy) is 2. The molecule has 1 aliphatic rings. The fourth-order valence-electron chi connectivity index (χ4n) is 4.69. The zero-order chi connectivity index (χ0) is 27.6. The van der Waals surface area contributed by atoms with Gasteiger partial charge in [0.2, 0.25) is 0 Å². The fraction of sp³-hybridized carbons (Fsp3) is 0.310. The van der Waals surface area contributed by atoms with Crippen molar-refractivity contribution in [2.24, 2.45) is 15.4 Å². The number of tetrazole rings is 1. The van der Waals surface area contributed by atoms with Crippen LogP contribution in [0, 0.1) is 0 Å². The molecule has 0 saturated carbocycles. The van der Waals surface area contributed by atoms with Crippen molar-refractivity contribution in [3.63, 3.8) is 0 Å². The summed E-state index contributed by atoms with van der Waals surface area (Å²) in [7, 11) is 3.36. The molecule has 0 amide bonds. The number of aromatic amines is 1. The van der Waals surface area contributed by atoms with Gasteiger partial charge in [0, 0.05) is 32.7 Å². The number of H-pyrrole nitrogens is 1. The Hall–Kier alpha value is -4.48. The maximum absolute atomic E-state index is 5.34. The SMILES string of the molecule is COc1ccc(CN(CC2=NN=NC2)Cc2ccccc2CN(Cc2ccc(OC)cc2)Cc2nn[nH]n2)cc1. The van der Waals surface area contributed by atoms with Crippen molar-refractivity contribution in [3.8, 4) is 11.5 Å². The first-order valence-electron chi connectivity index (χ1n) is 13.1. The van der Waals surface area contributed by atoms with E-state index in [4.69, 9.17) is 9.47 Å². The predicted octanol–water partition coefficient (Wildman–Crippen LogP) is 4.24. The van der Waals surface area contributed by atoms with E-state index in [-0.39, 0.29) is 0 Å². The van der Waals surface area contributed by atoms with E-state index in [1.54, 1.807) is 14.2 Å². The molecule has 5 rings (SSSR count). The zero-order valence-electron chi connectivity index (χ0n) is 22.8. The Morgan fingerprint density at radius 2 is 1.27 bits per heavy atom. The molecular weight excluding hydrogens is 506 g/mol. The van der Waals surface area contributed by atoms with E-state index in [1.807, 2.05) is 24.3 Å².